The standard InChI is InChI=1S/C6H6N4O4/c1-8-4-3(10(13)14-7-4)5(11)9(2)6(8)12/h1-2H3. The molecule has 0 radical (unpaired) electrons. The van der Waals surface area contributed by atoms with E-state index in [1.54, 1.807) is 0 Å². The van der Waals surface area contributed by atoms with Gasteiger partial charge in [0, 0.05) is 14.1 Å². The molecule has 74 valence electrons. The number of hydrogen-bond acceptors (Lipinski definition) is 5. The van der Waals surface area contributed by atoms with Gasteiger partial charge in [-0.2, -0.15) is 0 Å². The van der Waals surface area contributed by atoms with Gasteiger partial charge in [0.1, 0.15) is 0 Å². The smallest absolute Gasteiger partial charge is 0.334 e. The van der Waals surface area contributed by atoms with E-state index >= 15 is 0 Å². The van der Waals surface area contributed by atoms with Crippen LogP contribution < -0.4 is 16.2 Å². The van der Waals surface area contributed by atoms with Crippen LogP contribution in [0, 0.1) is 5.21 Å². The molecule has 0 unspecified atom stereocenters. The van der Waals surface area contributed by atoms with Crippen LogP contribution in [0.1, 0.15) is 0 Å². The van der Waals surface area contributed by atoms with E-state index in [-0.39, 0.29) is 16.1 Å². The van der Waals surface area contributed by atoms with Crippen LogP contribution in [0.25, 0.3) is 11.2 Å². The molecule has 2 heterocycles. The molecule has 0 spiro atoms. The van der Waals surface area contributed by atoms with Crippen molar-refractivity contribution in [3.63, 3.8) is 0 Å². The summed E-state index contributed by atoms with van der Waals surface area (Å²) in [6, 6.07) is 0. The Hall–Kier alpha value is -2.12. The topological polar surface area (TPSA) is 97.0 Å². The zero-order chi connectivity index (χ0) is 10.5. The first kappa shape index (κ1) is 8.48. The summed E-state index contributed by atoms with van der Waals surface area (Å²) in [4.78, 5) is 22.7. The summed E-state index contributed by atoms with van der Waals surface area (Å²) in [5.74, 6) is 0. The minimum Gasteiger partial charge on any atom is -0.359 e. The van der Waals surface area contributed by atoms with Crippen molar-refractivity contribution in [3.05, 3.63) is 26.0 Å². The van der Waals surface area contributed by atoms with E-state index in [1.807, 2.05) is 0 Å². The number of nitrogens with zero attached hydrogens (tertiary/aromatic N) is 4. The molecule has 0 aromatic carbocycles. The molecule has 0 atom stereocenters. The Morgan fingerprint density at radius 1 is 1.36 bits per heavy atom. The zero-order valence-corrected chi connectivity index (χ0v) is 7.42. The number of fused-ring (bicyclic) bond motifs is 1. The lowest BCUT2D eigenvalue weighted by Crippen LogP contribution is -2.41. The molecule has 0 amide bonds. The molecule has 0 aliphatic rings. The van der Waals surface area contributed by atoms with Gasteiger partial charge in [-0.25, -0.2) is 4.79 Å². The molecule has 2 rings (SSSR count). The highest BCUT2D eigenvalue weighted by molar-refractivity contribution is 5.63. The first-order valence-corrected chi connectivity index (χ1v) is 3.69. The Balaban J connectivity index is 3.22. The number of rotatable bonds is 0. The van der Waals surface area contributed by atoms with Gasteiger partial charge in [0.15, 0.2) is 0 Å². The van der Waals surface area contributed by atoms with E-state index in [1.165, 1.54) is 14.1 Å². The fraction of sp³-hybridized carbons (Fsp3) is 0.333. The second-order valence-electron chi connectivity index (χ2n) is 2.81. The summed E-state index contributed by atoms with van der Waals surface area (Å²) >= 11 is 0. The number of aromatic nitrogens is 4. The lowest BCUT2D eigenvalue weighted by Gasteiger charge is -1.97. The van der Waals surface area contributed by atoms with Crippen molar-refractivity contribution in [3.8, 4) is 0 Å². The fourth-order valence-electron chi connectivity index (χ4n) is 1.20. The van der Waals surface area contributed by atoms with E-state index < -0.39 is 11.2 Å². The third-order valence-electron chi connectivity index (χ3n) is 1.99. The van der Waals surface area contributed by atoms with Crippen molar-refractivity contribution < 1.29 is 9.53 Å². The average Bonchev–Trinajstić information content (AvgIpc) is 2.54. The van der Waals surface area contributed by atoms with Crippen molar-refractivity contribution in [2.24, 2.45) is 14.1 Å². The molecular formula is C6H6N4O4. The lowest BCUT2D eigenvalue weighted by molar-refractivity contribution is -0.782. The van der Waals surface area contributed by atoms with Crippen LogP contribution in [0.2, 0.25) is 0 Å². The molecule has 2 aromatic rings. The van der Waals surface area contributed by atoms with Gasteiger partial charge in [-0.05, 0) is 4.90 Å². The summed E-state index contributed by atoms with van der Waals surface area (Å²) in [5, 5.41) is 14.3. The van der Waals surface area contributed by atoms with E-state index in [0.717, 1.165) is 9.13 Å². The Bertz CT molecular complexity index is 619. The summed E-state index contributed by atoms with van der Waals surface area (Å²) < 4.78 is 6.10. The first-order chi connectivity index (χ1) is 6.54. The Morgan fingerprint density at radius 3 is 2.64 bits per heavy atom. The predicted molar refractivity (Wildman–Crippen MR) is 43.5 cm³/mol. The van der Waals surface area contributed by atoms with Crippen molar-refractivity contribution in [2.75, 3.05) is 0 Å². The molecule has 8 nitrogen and oxygen atoms in total. The highest BCUT2D eigenvalue weighted by Gasteiger charge is 2.20. The zero-order valence-electron chi connectivity index (χ0n) is 7.42. The Labute approximate surface area is 76.1 Å². The Kier molecular flexibility index (Phi) is 1.48. The van der Waals surface area contributed by atoms with Gasteiger partial charge in [-0.15, -0.1) is 0 Å². The normalized spacial score (nSPS) is 11.0. The van der Waals surface area contributed by atoms with Crippen LogP contribution in [-0.4, -0.2) is 14.3 Å². The van der Waals surface area contributed by atoms with Gasteiger partial charge >= 0.3 is 22.4 Å². The van der Waals surface area contributed by atoms with Crippen LogP contribution in [0.4, 0.5) is 0 Å². The highest BCUT2D eigenvalue weighted by atomic mass is 16.8. The average molecular weight is 198 g/mol. The lowest BCUT2D eigenvalue weighted by atomic mass is 10.5. The molecule has 14 heavy (non-hydrogen) atoms. The van der Waals surface area contributed by atoms with Gasteiger partial charge < -0.3 is 5.21 Å². The monoisotopic (exact) mass is 198 g/mol. The van der Waals surface area contributed by atoms with Crippen LogP contribution in [-0.2, 0) is 14.1 Å². The van der Waals surface area contributed by atoms with Gasteiger partial charge in [0.2, 0.25) is 0 Å². The quantitative estimate of drug-likeness (QED) is 0.450. The van der Waals surface area contributed by atoms with Crippen molar-refractivity contribution in [1.82, 2.24) is 14.3 Å². The molecule has 0 bridgehead atoms. The molecule has 0 saturated carbocycles. The molecule has 0 N–H and O–H groups in total. The number of hydrogen-bond donors (Lipinski definition) is 0. The third-order valence-corrected chi connectivity index (χ3v) is 1.99. The summed E-state index contributed by atoms with van der Waals surface area (Å²) in [5.41, 5.74) is -1.63. The van der Waals surface area contributed by atoms with E-state index in [4.69, 9.17) is 0 Å². The maximum Gasteiger partial charge on any atom is 0.334 e. The van der Waals surface area contributed by atoms with E-state index in [9.17, 15) is 14.8 Å². The minimum atomic E-state index is -0.723. The SMILES string of the molecule is Cn1c(=O)c2c(no[n+]2[O-])n(C)c1=O. The summed E-state index contributed by atoms with van der Waals surface area (Å²) in [6.07, 6.45) is 0. The third kappa shape index (κ3) is 0.817. The summed E-state index contributed by atoms with van der Waals surface area (Å²) in [7, 11) is 2.67. The second-order valence-corrected chi connectivity index (χ2v) is 2.81. The predicted octanol–water partition coefficient (Wildman–Crippen LogP) is -2.14. The molecule has 0 saturated heterocycles. The van der Waals surface area contributed by atoms with Crippen LogP contribution in [0.15, 0.2) is 14.2 Å². The van der Waals surface area contributed by atoms with Crippen LogP contribution in [0.3, 0.4) is 0 Å². The minimum absolute atomic E-state index is 0.0168. The molecule has 0 aliphatic carbocycles. The second kappa shape index (κ2) is 2.44. The van der Waals surface area contributed by atoms with E-state index in [0.29, 0.717) is 0 Å². The highest BCUT2D eigenvalue weighted by Crippen LogP contribution is 1.95. The van der Waals surface area contributed by atoms with Gasteiger partial charge in [0.25, 0.3) is 0 Å². The first-order valence-electron chi connectivity index (χ1n) is 3.69. The van der Waals surface area contributed by atoms with Crippen molar-refractivity contribution in [2.45, 2.75) is 0 Å². The van der Waals surface area contributed by atoms with E-state index in [2.05, 4.69) is 9.79 Å². The summed E-state index contributed by atoms with van der Waals surface area (Å²) in [6.45, 7) is 0. The van der Waals surface area contributed by atoms with Crippen molar-refractivity contribution in [1.29, 1.82) is 0 Å². The maximum absolute atomic E-state index is 11.4. The largest absolute Gasteiger partial charge is 0.359 e. The Morgan fingerprint density at radius 2 is 2.00 bits per heavy atom. The maximum atomic E-state index is 11.4. The molecule has 0 aliphatic heterocycles. The molecule has 0 fully saturated rings. The molecule has 2 aromatic heterocycles. The molecule has 8 heteroatoms. The van der Waals surface area contributed by atoms with Gasteiger partial charge in [-0.1, -0.05) is 0 Å². The van der Waals surface area contributed by atoms with Crippen LogP contribution in [0.5, 0.6) is 0 Å². The molecular weight excluding hydrogens is 192 g/mol. The number of aryl methyl sites for hydroxylation is 1. The van der Waals surface area contributed by atoms with Crippen molar-refractivity contribution >= 4 is 11.2 Å². The van der Waals surface area contributed by atoms with Crippen LogP contribution >= 0.6 is 0 Å². The van der Waals surface area contributed by atoms with Gasteiger partial charge in [-0.3, -0.25) is 18.6 Å². The van der Waals surface area contributed by atoms with Gasteiger partial charge in [0.05, 0.1) is 5.16 Å². The fourth-order valence-corrected chi connectivity index (χ4v) is 1.20.